The largest absolute Gasteiger partial charge is 0.496 e. The summed E-state index contributed by atoms with van der Waals surface area (Å²) in [6, 6.07) is 6.07. The van der Waals surface area contributed by atoms with E-state index in [-0.39, 0.29) is 0 Å². The first-order valence-electron chi connectivity index (χ1n) is 13.6. The summed E-state index contributed by atoms with van der Waals surface area (Å²) in [5, 5.41) is 0. The quantitative estimate of drug-likeness (QED) is 0.0763. The van der Waals surface area contributed by atoms with Crippen molar-refractivity contribution >= 4 is 29.8 Å². The van der Waals surface area contributed by atoms with E-state index in [2.05, 4.69) is 42.7 Å². The van der Waals surface area contributed by atoms with Crippen LogP contribution in [-0.4, -0.2) is 36.6 Å². The Hall–Kier alpha value is -1.04. The zero-order valence-electron chi connectivity index (χ0n) is 21.9. The van der Waals surface area contributed by atoms with Gasteiger partial charge in [0.2, 0.25) is 0 Å². The Kier molecular flexibility index (Phi) is 19.4. The van der Waals surface area contributed by atoms with Gasteiger partial charge in [0.1, 0.15) is 5.75 Å². The van der Waals surface area contributed by atoms with Crippen molar-refractivity contribution in [1.82, 2.24) is 4.90 Å². The van der Waals surface area contributed by atoms with Crippen molar-refractivity contribution in [2.75, 3.05) is 26.7 Å². The summed E-state index contributed by atoms with van der Waals surface area (Å²) < 4.78 is 5.38. The Labute approximate surface area is 221 Å². The zero-order valence-corrected chi connectivity index (χ0v) is 23.6. The lowest BCUT2D eigenvalue weighted by Gasteiger charge is -2.25. The number of methoxy groups -OCH3 is 1. The Balaban J connectivity index is 2.11. The van der Waals surface area contributed by atoms with Gasteiger partial charge in [-0.25, -0.2) is 0 Å². The number of hydrogen-bond acceptors (Lipinski definition) is 4. The molecule has 2 N–H and O–H groups in total. The number of allylic oxidation sites excluding steroid dienone is 2. The maximum Gasteiger partial charge on any atom is 0.132 e. The van der Waals surface area contributed by atoms with Gasteiger partial charge in [-0.1, -0.05) is 95.1 Å². The van der Waals surface area contributed by atoms with Crippen molar-refractivity contribution in [3.05, 3.63) is 35.9 Å². The lowest BCUT2D eigenvalue weighted by molar-refractivity contribution is 0.403. The third-order valence-electron chi connectivity index (χ3n) is 6.29. The fourth-order valence-electron chi connectivity index (χ4n) is 4.19. The summed E-state index contributed by atoms with van der Waals surface area (Å²) in [7, 11) is 1.67. The van der Waals surface area contributed by atoms with Gasteiger partial charge in [0.05, 0.1) is 12.1 Å². The maximum absolute atomic E-state index is 5.85. The summed E-state index contributed by atoms with van der Waals surface area (Å²) in [5.41, 5.74) is 7.01. The molecular weight excluding hydrogens is 456 g/mol. The molecular formula is C29H50N2OS2. The van der Waals surface area contributed by atoms with Crippen LogP contribution in [0.2, 0.25) is 0 Å². The molecule has 0 aromatic heterocycles. The normalized spacial score (nSPS) is 11.3. The van der Waals surface area contributed by atoms with Crippen LogP contribution in [-0.2, 0) is 6.42 Å². The van der Waals surface area contributed by atoms with E-state index in [4.69, 9.17) is 22.7 Å². The topological polar surface area (TPSA) is 38.5 Å². The van der Waals surface area contributed by atoms with Crippen LogP contribution in [0.15, 0.2) is 35.2 Å². The van der Waals surface area contributed by atoms with Gasteiger partial charge >= 0.3 is 0 Å². The summed E-state index contributed by atoms with van der Waals surface area (Å²) in [6.07, 6.45) is 24.1. The molecule has 1 aromatic carbocycles. The van der Waals surface area contributed by atoms with Crippen molar-refractivity contribution in [3.8, 4) is 5.75 Å². The van der Waals surface area contributed by atoms with Crippen LogP contribution < -0.4 is 10.5 Å². The Morgan fingerprint density at radius 3 is 2.09 bits per heavy atom. The lowest BCUT2D eigenvalue weighted by atomic mass is 10.1. The van der Waals surface area contributed by atoms with E-state index in [1.54, 1.807) is 7.11 Å². The number of thiol groups is 1. The molecule has 1 aromatic rings. The first-order chi connectivity index (χ1) is 16.6. The molecule has 0 aliphatic rings. The standard InChI is InChI=1S/C29H50N2OS2/c1-3-4-5-6-7-8-9-10-11-12-13-14-15-16-17-18-22-31(23-21-30)29(34)25-26-19-20-28(33)27(24-26)32-2/h10-11,19-20,24,33H,3-9,12-18,21-23,25,30H2,1-2H3. The molecule has 0 aliphatic carbocycles. The molecule has 0 atom stereocenters. The SMILES string of the molecule is CCCCCCCCC=CCCCCCCCCN(CCN)C(=S)Cc1ccc(S)c(OC)c1. The summed E-state index contributed by atoms with van der Waals surface area (Å²) in [6.45, 7) is 4.73. The van der Waals surface area contributed by atoms with E-state index < -0.39 is 0 Å². The highest BCUT2D eigenvalue weighted by atomic mass is 32.1. The lowest BCUT2D eigenvalue weighted by Crippen LogP contribution is -2.36. The molecule has 1 rings (SSSR count). The first-order valence-corrected chi connectivity index (χ1v) is 14.5. The summed E-state index contributed by atoms with van der Waals surface area (Å²) in [5.74, 6) is 0.794. The predicted molar refractivity (Wildman–Crippen MR) is 157 cm³/mol. The van der Waals surface area contributed by atoms with E-state index in [1.807, 2.05) is 12.1 Å². The minimum absolute atomic E-state index is 0.630. The predicted octanol–water partition coefficient (Wildman–Crippen LogP) is 8.15. The zero-order chi connectivity index (χ0) is 24.9. The molecule has 0 unspecified atom stereocenters. The molecule has 194 valence electrons. The number of nitrogens with zero attached hydrogens (tertiary/aromatic N) is 1. The summed E-state index contributed by atoms with van der Waals surface area (Å²) in [4.78, 5) is 4.10. The average molecular weight is 507 g/mol. The van der Waals surface area contributed by atoms with Crippen molar-refractivity contribution in [2.45, 2.75) is 108 Å². The van der Waals surface area contributed by atoms with Crippen molar-refractivity contribution in [2.24, 2.45) is 5.73 Å². The molecule has 3 nitrogen and oxygen atoms in total. The van der Waals surface area contributed by atoms with Crippen LogP contribution in [0.5, 0.6) is 5.75 Å². The molecule has 0 spiro atoms. The van der Waals surface area contributed by atoms with Crippen LogP contribution >= 0.6 is 24.8 Å². The number of hydrogen-bond donors (Lipinski definition) is 2. The van der Waals surface area contributed by atoms with Crippen molar-refractivity contribution in [1.29, 1.82) is 0 Å². The van der Waals surface area contributed by atoms with Gasteiger partial charge < -0.3 is 15.4 Å². The number of benzene rings is 1. The van der Waals surface area contributed by atoms with E-state index in [0.29, 0.717) is 6.54 Å². The van der Waals surface area contributed by atoms with Gasteiger partial charge in [-0.2, -0.15) is 0 Å². The van der Waals surface area contributed by atoms with E-state index in [9.17, 15) is 0 Å². The second kappa shape index (κ2) is 21.3. The number of unbranched alkanes of at least 4 members (excludes halogenated alkanes) is 12. The molecule has 5 heteroatoms. The first kappa shape index (κ1) is 31.0. The minimum atomic E-state index is 0.630. The molecule has 0 fully saturated rings. The van der Waals surface area contributed by atoms with Crippen LogP contribution in [0.1, 0.15) is 102 Å². The molecule has 0 saturated heterocycles. The molecule has 0 bridgehead atoms. The Morgan fingerprint density at radius 2 is 1.50 bits per heavy atom. The number of nitrogens with two attached hydrogens (primary N) is 1. The van der Waals surface area contributed by atoms with E-state index in [0.717, 1.165) is 40.7 Å². The second-order valence-corrected chi connectivity index (χ2v) is 10.2. The summed E-state index contributed by atoms with van der Waals surface area (Å²) >= 11 is 10.2. The molecule has 0 saturated carbocycles. The highest BCUT2D eigenvalue weighted by Crippen LogP contribution is 2.24. The highest BCUT2D eigenvalue weighted by molar-refractivity contribution is 7.80. The molecule has 34 heavy (non-hydrogen) atoms. The molecule has 0 amide bonds. The van der Waals surface area contributed by atoms with Crippen LogP contribution in [0.25, 0.3) is 0 Å². The van der Waals surface area contributed by atoms with Gasteiger partial charge in [-0.3, -0.25) is 0 Å². The third kappa shape index (κ3) is 15.1. The van der Waals surface area contributed by atoms with E-state index in [1.165, 1.54) is 89.9 Å². The molecule has 0 radical (unpaired) electrons. The van der Waals surface area contributed by atoms with Gasteiger partial charge in [-0.05, 0) is 49.8 Å². The van der Waals surface area contributed by atoms with Crippen LogP contribution in [0, 0.1) is 0 Å². The van der Waals surface area contributed by atoms with Crippen molar-refractivity contribution < 1.29 is 4.74 Å². The molecule has 0 heterocycles. The second-order valence-electron chi connectivity index (χ2n) is 9.29. The monoisotopic (exact) mass is 506 g/mol. The maximum atomic E-state index is 5.85. The fourth-order valence-corrected chi connectivity index (χ4v) is 4.77. The minimum Gasteiger partial charge on any atom is -0.496 e. The third-order valence-corrected chi connectivity index (χ3v) is 7.06. The number of rotatable bonds is 21. The number of ether oxygens (including phenoxy) is 1. The van der Waals surface area contributed by atoms with Gasteiger partial charge in [0.15, 0.2) is 0 Å². The fraction of sp³-hybridized carbons (Fsp3) is 0.690. The molecule has 0 aliphatic heterocycles. The van der Waals surface area contributed by atoms with Gasteiger partial charge in [-0.15, -0.1) is 12.6 Å². The average Bonchev–Trinajstić information content (AvgIpc) is 2.84. The van der Waals surface area contributed by atoms with Gasteiger partial charge in [0, 0.05) is 31.0 Å². The highest BCUT2D eigenvalue weighted by Gasteiger charge is 2.11. The number of thiocarbonyl (C=S) groups is 1. The Morgan fingerprint density at radius 1 is 0.912 bits per heavy atom. The van der Waals surface area contributed by atoms with Gasteiger partial charge in [0.25, 0.3) is 0 Å². The Bertz CT molecular complexity index is 678. The van der Waals surface area contributed by atoms with E-state index >= 15 is 0 Å². The smallest absolute Gasteiger partial charge is 0.132 e. The van der Waals surface area contributed by atoms with Crippen molar-refractivity contribution in [3.63, 3.8) is 0 Å². The van der Waals surface area contributed by atoms with Crippen LogP contribution in [0.4, 0.5) is 0 Å². The van der Waals surface area contributed by atoms with Crippen LogP contribution in [0.3, 0.4) is 0 Å².